The Balaban J connectivity index is 1.72. The standard InChI is InChI=1S/C14H23N3S/c1-11-9-16-7-4-3-5-13(16)10-17(11)12(2)14-15-6-8-18-14/h6,8,11-13H,3-5,7,9-10H2,1-2H3. The Morgan fingerprint density at radius 2 is 2.28 bits per heavy atom. The van der Waals surface area contributed by atoms with E-state index in [-0.39, 0.29) is 0 Å². The van der Waals surface area contributed by atoms with Gasteiger partial charge in [0.2, 0.25) is 0 Å². The van der Waals surface area contributed by atoms with Crippen LogP contribution in [0.3, 0.4) is 0 Å². The molecule has 0 radical (unpaired) electrons. The van der Waals surface area contributed by atoms with E-state index in [1.165, 1.54) is 43.9 Å². The maximum Gasteiger partial charge on any atom is 0.109 e. The number of piperidine rings is 1. The lowest BCUT2D eigenvalue weighted by Crippen LogP contribution is -2.58. The molecule has 0 amide bonds. The number of thiazole rings is 1. The first-order valence-electron chi connectivity index (χ1n) is 7.15. The monoisotopic (exact) mass is 265 g/mol. The maximum atomic E-state index is 4.49. The molecule has 2 aliphatic rings. The number of hydrogen-bond donors (Lipinski definition) is 0. The van der Waals surface area contributed by atoms with Crippen molar-refractivity contribution in [3.8, 4) is 0 Å². The van der Waals surface area contributed by atoms with Crippen molar-refractivity contribution >= 4 is 11.3 Å². The van der Waals surface area contributed by atoms with Crippen LogP contribution in [0.15, 0.2) is 11.6 Å². The molecular weight excluding hydrogens is 242 g/mol. The van der Waals surface area contributed by atoms with Crippen LogP contribution in [0.2, 0.25) is 0 Å². The first-order chi connectivity index (χ1) is 8.75. The molecule has 1 aromatic rings. The van der Waals surface area contributed by atoms with Crippen LogP contribution in [0.5, 0.6) is 0 Å². The minimum atomic E-state index is 0.476. The van der Waals surface area contributed by atoms with Gasteiger partial charge in [-0.2, -0.15) is 0 Å². The van der Waals surface area contributed by atoms with Crippen LogP contribution in [0.25, 0.3) is 0 Å². The van der Waals surface area contributed by atoms with E-state index in [4.69, 9.17) is 0 Å². The predicted molar refractivity (Wildman–Crippen MR) is 75.9 cm³/mol. The Bertz CT molecular complexity index is 378. The summed E-state index contributed by atoms with van der Waals surface area (Å²) in [7, 11) is 0. The van der Waals surface area contributed by atoms with Crippen molar-refractivity contribution < 1.29 is 0 Å². The second-order valence-corrected chi connectivity index (χ2v) is 6.66. The topological polar surface area (TPSA) is 19.4 Å². The largest absolute Gasteiger partial charge is 0.298 e. The maximum absolute atomic E-state index is 4.49. The van der Waals surface area contributed by atoms with Crippen molar-refractivity contribution in [1.82, 2.24) is 14.8 Å². The molecule has 18 heavy (non-hydrogen) atoms. The molecule has 4 heteroatoms. The Kier molecular flexibility index (Phi) is 3.68. The van der Waals surface area contributed by atoms with E-state index < -0.39 is 0 Å². The van der Waals surface area contributed by atoms with Gasteiger partial charge < -0.3 is 0 Å². The molecule has 0 aromatic carbocycles. The molecule has 0 bridgehead atoms. The lowest BCUT2D eigenvalue weighted by atomic mass is 9.96. The molecule has 3 nitrogen and oxygen atoms in total. The van der Waals surface area contributed by atoms with E-state index in [0.717, 1.165) is 6.04 Å². The third-order valence-electron chi connectivity index (χ3n) is 4.54. The van der Waals surface area contributed by atoms with Crippen LogP contribution in [0.1, 0.15) is 44.2 Å². The van der Waals surface area contributed by atoms with Crippen molar-refractivity contribution in [2.24, 2.45) is 0 Å². The average Bonchev–Trinajstić information content (AvgIpc) is 2.91. The quantitative estimate of drug-likeness (QED) is 0.819. The van der Waals surface area contributed by atoms with Crippen molar-refractivity contribution in [1.29, 1.82) is 0 Å². The van der Waals surface area contributed by atoms with Crippen LogP contribution in [-0.4, -0.2) is 46.5 Å². The smallest absolute Gasteiger partial charge is 0.109 e. The van der Waals surface area contributed by atoms with Crippen LogP contribution in [0.4, 0.5) is 0 Å². The molecule has 1 aromatic heterocycles. The van der Waals surface area contributed by atoms with Crippen molar-refractivity contribution in [3.63, 3.8) is 0 Å². The lowest BCUT2D eigenvalue weighted by Gasteiger charge is -2.49. The van der Waals surface area contributed by atoms with Gasteiger partial charge in [0, 0.05) is 36.8 Å². The fourth-order valence-corrected chi connectivity index (χ4v) is 4.21. The molecule has 0 spiro atoms. The van der Waals surface area contributed by atoms with Crippen molar-refractivity contribution in [2.75, 3.05) is 19.6 Å². The molecule has 2 aliphatic heterocycles. The summed E-state index contributed by atoms with van der Waals surface area (Å²) in [6.45, 7) is 8.46. The first-order valence-corrected chi connectivity index (χ1v) is 8.03. The molecule has 2 saturated heterocycles. The molecule has 100 valence electrons. The van der Waals surface area contributed by atoms with Gasteiger partial charge in [-0.1, -0.05) is 6.42 Å². The Morgan fingerprint density at radius 3 is 3.06 bits per heavy atom. The highest BCUT2D eigenvalue weighted by atomic mass is 32.1. The second kappa shape index (κ2) is 5.27. The molecule has 3 rings (SSSR count). The summed E-state index contributed by atoms with van der Waals surface area (Å²) in [4.78, 5) is 9.86. The van der Waals surface area contributed by atoms with Gasteiger partial charge in [-0.15, -0.1) is 11.3 Å². The van der Waals surface area contributed by atoms with Crippen LogP contribution in [0, 0.1) is 0 Å². The summed E-state index contributed by atoms with van der Waals surface area (Å²) in [5.41, 5.74) is 0. The number of fused-ring (bicyclic) bond motifs is 1. The number of rotatable bonds is 2. The van der Waals surface area contributed by atoms with Gasteiger partial charge in [-0.25, -0.2) is 4.98 Å². The molecule has 3 unspecified atom stereocenters. The fourth-order valence-electron chi connectivity index (χ4n) is 3.50. The molecule has 3 heterocycles. The zero-order chi connectivity index (χ0) is 12.5. The lowest BCUT2D eigenvalue weighted by molar-refractivity contribution is -0.00463. The predicted octanol–water partition coefficient (Wildman–Crippen LogP) is 2.76. The van der Waals surface area contributed by atoms with E-state index >= 15 is 0 Å². The molecular formula is C14H23N3S. The van der Waals surface area contributed by atoms with Gasteiger partial charge in [-0.05, 0) is 33.2 Å². The Labute approximate surface area is 114 Å². The average molecular weight is 265 g/mol. The highest BCUT2D eigenvalue weighted by Gasteiger charge is 2.35. The van der Waals surface area contributed by atoms with Gasteiger partial charge >= 0.3 is 0 Å². The highest BCUT2D eigenvalue weighted by Crippen LogP contribution is 2.31. The van der Waals surface area contributed by atoms with Crippen LogP contribution >= 0.6 is 11.3 Å². The zero-order valence-corrected chi connectivity index (χ0v) is 12.2. The van der Waals surface area contributed by atoms with Crippen molar-refractivity contribution in [2.45, 2.75) is 51.2 Å². The van der Waals surface area contributed by atoms with Gasteiger partial charge in [0.25, 0.3) is 0 Å². The minimum Gasteiger partial charge on any atom is -0.298 e. The molecule has 0 N–H and O–H groups in total. The van der Waals surface area contributed by atoms with E-state index in [0.29, 0.717) is 12.1 Å². The summed E-state index contributed by atoms with van der Waals surface area (Å²) in [6, 6.07) is 1.92. The van der Waals surface area contributed by atoms with Crippen LogP contribution < -0.4 is 0 Å². The van der Waals surface area contributed by atoms with E-state index in [1.54, 1.807) is 11.3 Å². The molecule has 0 aliphatic carbocycles. The van der Waals surface area contributed by atoms with E-state index in [1.807, 2.05) is 6.20 Å². The van der Waals surface area contributed by atoms with Gasteiger partial charge in [0.1, 0.15) is 5.01 Å². The van der Waals surface area contributed by atoms with Gasteiger partial charge in [0.05, 0.1) is 6.04 Å². The fraction of sp³-hybridized carbons (Fsp3) is 0.786. The number of piperazine rings is 1. The third kappa shape index (κ3) is 2.33. The summed E-state index contributed by atoms with van der Waals surface area (Å²) in [6.07, 6.45) is 6.12. The second-order valence-electron chi connectivity index (χ2n) is 5.74. The highest BCUT2D eigenvalue weighted by molar-refractivity contribution is 7.09. The van der Waals surface area contributed by atoms with Crippen LogP contribution in [-0.2, 0) is 0 Å². The van der Waals surface area contributed by atoms with E-state index in [9.17, 15) is 0 Å². The number of nitrogens with zero attached hydrogens (tertiary/aromatic N) is 3. The SMILES string of the molecule is CC1CN2CCCCC2CN1C(C)c1nccs1. The molecule has 0 saturated carbocycles. The van der Waals surface area contributed by atoms with Crippen molar-refractivity contribution in [3.05, 3.63) is 16.6 Å². The summed E-state index contributed by atoms with van der Waals surface area (Å²) >= 11 is 1.79. The summed E-state index contributed by atoms with van der Waals surface area (Å²) in [5, 5.41) is 3.36. The molecule has 3 atom stereocenters. The number of hydrogen-bond acceptors (Lipinski definition) is 4. The number of aromatic nitrogens is 1. The van der Waals surface area contributed by atoms with E-state index in [2.05, 4.69) is 34.0 Å². The first kappa shape index (κ1) is 12.6. The minimum absolute atomic E-state index is 0.476. The normalized spacial score (nSPS) is 32.1. The van der Waals surface area contributed by atoms with Gasteiger partial charge in [-0.3, -0.25) is 9.80 Å². The van der Waals surface area contributed by atoms with Gasteiger partial charge in [0.15, 0.2) is 0 Å². The zero-order valence-electron chi connectivity index (χ0n) is 11.4. The molecule has 2 fully saturated rings. The Hall–Kier alpha value is -0.450. The summed E-state index contributed by atoms with van der Waals surface area (Å²) in [5.74, 6) is 0. The summed E-state index contributed by atoms with van der Waals surface area (Å²) < 4.78 is 0. The Morgan fingerprint density at radius 1 is 1.39 bits per heavy atom. The third-order valence-corrected chi connectivity index (χ3v) is 5.49.